The van der Waals surface area contributed by atoms with Crippen LogP contribution in [0.1, 0.15) is 11.3 Å². The standard InChI is InChI=1S/C18H17N3O2S/c1-21(9-13-5-6-16-17(8-13)23-12-22-16)10-14-11-24-18(20-14)15-4-2-3-7-19-15/h2-8,11H,9-10,12H2,1H3. The number of pyridine rings is 1. The first-order valence-corrected chi connectivity index (χ1v) is 8.59. The van der Waals surface area contributed by atoms with Crippen LogP contribution in [0.2, 0.25) is 0 Å². The Kier molecular flexibility index (Phi) is 4.15. The van der Waals surface area contributed by atoms with E-state index < -0.39 is 0 Å². The van der Waals surface area contributed by atoms with Gasteiger partial charge in [0.05, 0.1) is 11.4 Å². The zero-order chi connectivity index (χ0) is 16.4. The summed E-state index contributed by atoms with van der Waals surface area (Å²) in [6, 6.07) is 12.0. The smallest absolute Gasteiger partial charge is 0.231 e. The molecule has 1 aliphatic rings. The van der Waals surface area contributed by atoms with Gasteiger partial charge in [-0.2, -0.15) is 0 Å². The second kappa shape index (κ2) is 6.59. The van der Waals surface area contributed by atoms with Crippen molar-refractivity contribution in [3.63, 3.8) is 0 Å². The van der Waals surface area contributed by atoms with Crippen LogP contribution in [0.3, 0.4) is 0 Å². The van der Waals surface area contributed by atoms with Crippen molar-refractivity contribution >= 4 is 11.3 Å². The Hall–Kier alpha value is -2.44. The number of fused-ring (bicyclic) bond motifs is 1. The van der Waals surface area contributed by atoms with Gasteiger partial charge in [0.1, 0.15) is 5.01 Å². The summed E-state index contributed by atoms with van der Waals surface area (Å²) in [6.07, 6.45) is 1.79. The van der Waals surface area contributed by atoms with E-state index in [0.29, 0.717) is 6.79 Å². The van der Waals surface area contributed by atoms with E-state index in [1.165, 1.54) is 5.56 Å². The molecule has 0 aliphatic carbocycles. The highest BCUT2D eigenvalue weighted by atomic mass is 32.1. The predicted octanol–water partition coefficient (Wildman–Crippen LogP) is 3.57. The van der Waals surface area contributed by atoms with Crippen LogP contribution in [0.25, 0.3) is 10.7 Å². The predicted molar refractivity (Wildman–Crippen MR) is 93.1 cm³/mol. The molecule has 5 nitrogen and oxygen atoms in total. The molecule has 1 aliphatic heterocycles. The van der Waals surface area contributed by atoms with Crippen molar-refractivity contribution in [2.24, 2.45) is 0 Å². The molecule has 24 heavy (non-hydrogen) atoms. The normalized spacial score (nSPS) is 12.8. The molecule has 0 N–H and O–H groups in total. The SMILES string of the molecule is CN(Cc1ccc2c(c1)OCO2)Cc1csc(-c2ccccn2)n1. The zero-order valence-electron chi connectivity index (χ0n) is 13.3. The molecule has 1 aromatic carbocycles. The first kappa shape index (κ1) is 15.1. The molecule has 2 aromatic heterocycles. The van der Waals surface area contributed by atoms with E-state index in [9.17, 15) is 0 Å². The number of nitrogens with zero attached hydrogens (tertiary/aromatic N) is 3. The lowest BCUT2D eigenvalue weighted by molar-refractivity contribution is 0.174. The molecule has 3 aromatic rings. The highest BCUT2D eigenvalue weighted by Crippen LogP contribution is 2.32. The van der Waals surface area contributed by atoms with Crippen molar-refractivity contribution < 1.29 is 9.47 Å². The fourth-order valence-corrected chi connectivity index (χ4v) is 3.46. The van der Waals surface area contributed by atoms with E-state index in [-0.39, 0.29) is 0 Å². The maximum absolute atomic E-state index is 5.43. The number of hydrogen-bond acceptors (Lipinski definition) is 6. The molecule has 0 radical (unpaired) electrons. The van der Waals surface area contributed by atoms with E-state index in [2.05, 4.69) is 33.4 Å². The van der Waals surface area contributed by atoms with Crippen molar-refractivity contribution in [1.82, 2.24) is 14.9 Å². The molecule has 0 saturated carbocycles. The number of thiazole rings is 1. The Morgan fingerprint density at radius 2 is 2.04 bits per heavy atom. The minimum atomic E-state index is 0.309. The van der Waals surface area contributed by atoms with Gasteiger partial charge in [0.25, 0.3) is 0 Å². The van der Waals surface area contributed by atoms with Crippen LogP contribution in [0, 0.1) is 0 Å². The van der Waals surface area contributed by atoms with E-state index in [0.717, 1.165) is 41.0 Å². The average molecular weight is 339 g/mol. The highest BCUT2D eigenvalue weighted by molar-refractivity contribution is 7.13. The van der Waals surface area contributed by atoms with E-state index in [1.54, 1.807) is 17.5 Å². The Balaban J connectivity index is 1.41. The van der Waals surface area contributed by atoms with E-state index in [4.69, 9.17) is 9.47 Å². The zero-order valence-corrected chi connectivity index (χ0v) is 14.1. The molecule has 0 saturated heterocycles. The van der Waals surface area contributed by atoms with Crippen molar-refractivity contribution in [3.8, 4) is 22.2 Å². The lowest BCUT2D eigenvalue weighted by atomic mass is 10.2. The number of ether oxygens (including phenoxy) is 2. The van der Waals surface area contributed by atoms with Crippen molar-refractivity contribution in [3.05, 3.63) is 59.2 Å². The third-order valence-corrected chi connectivity index (χ3v) is 4.67. The first-order valence-electron chi connectivity index (χ1n) is 7.71. The maximum atomic E-state index is 5.43. The van der Waals surface area contributed by atoms with Gasteiger partial charge in [0.15, 0.2) is 11.5 Å². The molecular formula is C18H17N3O2S. The van der Waals surface area contributed by atoms with E-state index >= 15 is 0 Å². The van der Waals surface area contributed by atoms with Crippen LogP contribution in [-0.2, 0) is 13.1 Å². The summed E-state index contributed by atoms with van der Waals surface area (Å²) >= 11 is 1.63. The summed E-state index contributed by atoms with van der Waals surface area (Å²) in [7, 11) is 2.09. The molecule has 0 atom stereocenters. The van der Waals surface area contributed by atoms with Gasteiger partial charge in [-0.1, -0.05) is 12.1 Å². The van der Waals surface area contributed by atoms with Crippen molar-refractivity contribution in [1.29, 1.82) is 0 Å². The summed E-state index contributed by atoms with van der Waals surface area (Å²) in [5.74, 6) is 1.65. The number of benzene rings is 1. The molecule has 0 bridgehead atoms. The van der Waals surface area contributed by atoms with Gasteiger partial charge in [-0.3, -0.25) is 9.88 Å². The quantitative estimate of drug-likeness (QED) is 0.711. The fourth-order valence-electron chi connectivity index (χ4n) is 2.67. The number of hydrogen-bond donors (Lipinski definition) is 0. The molecule has 0 unspecified atom stereocenters. The molecule has 3 heterocycles. The molecule has 0 fully saturated rings. The maximum Gasteiger partial charge on any atom is 0.231 e. The third kappa shape index (κ3) is 3.25. The average Bonchev–Trinajstić information content (AvgIpc) is 3.24. The second-order valence-corrected chi connectivity index (χ2v) is 6.58. The van der Waals surface area contributed by atoms with Crippen LogP contribution in [0.15, 0.2) is 48.0 Å². The van der Waals surface area contributed by atoms with Crippen LogP contribution >= 0.6 is 11.3 Å². The highest BCUT2D eigenvalue weighted by Gasteiger charge is 2.14. The van der Waals surface area contributed by atoms with Gasteiger partial charge in [0.2, 0.25) is 6.79 Å². The summed E-state index contributed by atoms with van der Waals surface area (Å²) in [4.78, 5) is 11.3. The number of aromatic nitrogens is 2. The van der Waals surface area contributed by atoms with Gasteiger partial charge in [-0.25, -0.2) is 4.98 Å². The molecule has 0 amide bonds. The monoisotopic (exact) mass is 339 g/mol. The summed E-state index contributed by atoms with van der Waals surface area (Å²) in [6.45, 7) is 1.93. The molecular weight excluding hydrogens is 322 g/mol. The minimum absolute atomic E-state index is 0.309. The first-order chi connectivity index (χ1) is 11.8. The van der Waals surface area contributed by atoms with Gasteiger partial charge < -0.3 is 9.47 Å². The second-order valence-electron chi connectivity index (χ2n) is 5.72. The Morgan fingerprint density at radius 1 is 1.12 bits per heavy atom. The third-order valence-electron chi connectivity index (χ3n) is 3.76. The van der Waals surface area contributed by atoms with Gasteiger partial charge in [-0.15, -0.1) is 11.3 Å². The van der Waals surface area contributed by atoms with Crippen LogP contribution < -0.4 is 9.47 Å². The summed E-state index contributed by atoms with van der Waals surface area (Å²) in [5.41, 5.74) is 3.18. The van der Waals surface area contributed by atoms with E-state index in [1.807, 2.05) is 30.3 Å². The minimum Gasteiger partial charge on any atom is -0.454 e. The molecule has 4 rings (SSSR count). The number of rotatable bonds is 5. The van der Waals surface area contributed by atoms with Gasteiger partial charge in [0, 0.05) is 24.7 Å². The Labute approximate surface area is 144 Å². The molecule has 6 heteroatoms. The summed E-state index contributed by atoms with van der Waals surface area (Å²) < 4.78 is 10.8. The lowest BCUT2D eigenvalue weighted by Crippen LogP contribution is -2.17. The van der Waals surface area contributed by atoms with Crippen molar-refractivity contribution in [2.45, 2.75) is 13.1 Å². The van der Waals surface area contributed by atoms with Crippen molar-refractivity contribution in [2.75, 3.05) is 13.8 Å². The Morgan fingerprint density at radius 3 is 2.92 bits per heavy atom. The topological polar surface area (TPSA) is 47.5 Å². The largest absolute Gasteiger partial charge is 0.454 e. The van der Waals surface area contributed by atoms with Crippen LogP contribution in [-0.4, -0.2) is 28.7 Å². The Bertz CT molecular complexity index is 835. The van der Waals surface area contributed by atoms with Crippen LogP contribution in [0.4, 0.5) is 0 Å². The molecule has 122 valence electrons. The lowest BCUT2D eigenvalue weighted by Gasteiger charge is -2.15. The van der Waals surface area contributed by atoms with Gasteiger partial charge in [-0.05, 0) is 36.9 Å². The van der Waals surface area contributed by atoms with Gasteiger partial charge >= 0.3 is 0 Å². The fraction of sp³-hybridized carbons (Fsp3) is 0.222. The summed E-state index contributed by atoms with van der Waals surface area (Å²) in [5, 5.41) is 3.06. The van der Waals surface area contributed by atoms with Crippen LogP contribution in [0.5, 0.6) is 11.5 Å². The molecule has 0 spiro atoms.